The van der Waals surface area contributed by atoms with Gasteiger partial charge in [0.25, 0.3) is 0 Å². The Morgan fingerprint density at radius 1 is 1.33 bits per heavy atom. The molecule has 0 bridgehead atoms. The number of likely N-dealkylation sites (N-methyl/N-ethyl adjacent to an activating group) is 1. The number of ether oxygens (including phenoxy) is 1. The van der Waals surface area contributed by atoms with Crippen molar-refractivity contribution in [1.29, 1.82) is 0 Å². The van der Waals surface area contributed by atoms with Crippen molar-refractivity contribution < 1.29 is 9.13 Å². The van der Waals surface area contributed by atoms with Gasteiger partial charge in [0, 0.05) is 6.04 Å². The monoisotopic (exact) mass is 211 g/mol. The van der Waals surface area contributed by atoms with Crippen LogP contribution in [0, 0.1) is 5.82 Å². The highest BCUT2D eigenvalue weighted by Gasteiger charge is 2.13. The summed E-state index contributed by atoms with van der Waals surface area (Å²) in [6, 6.07) is 6.67. The van der Waals surface area contributed by atoms with Crippen LogP contribution in [0.3, 0.4) is 0 Å². The van der Waals surface area contributed by atoms with Gasteiger partial charge in [0.1, 0.15) is 6.10 Å². The number of halogens is 1. The molecule has 3 heteroatoms. The maximum Gasteiger partial charge on any atom is 0.165 e. The Balaban J connectivity index is 2.58. The highest BCUT2D eigenvalue weighted by molar-refractivity contribution is 5.23. The van der Waals surface area contributed by atoms with Gasteiger partial charge in [0.05, 0.1) is 0 Å². The van der Waals surface area contributed by atoms with Gasteiger partial charge in [0.15, 0.2) is 11.6 Å². The Morgan fingerprint density at radius 2 is 2.00 bits per heavy atom. The maximum absolute atomic E-state index is 13.3. The fourth-order valence-corrected chi connectivity index (χ4v) is 1.33. The molecule has 1 aromatic rings. The van der Waals surface area contributed by atoms with Gasteiger partial charge in [-0.25, -0.2) is 4.39 Å². The molecule has 0 aliphatic heterocycles. The minimum Gasteiger partial charge on any atom is -0.486 e. The predicted octanol–water partition coefficient (Wildman–Crippen LogP) is 2.59. The molecule has 2 atom stereocenters. The second kappa shape index (κ2) is 5.71. The zero-order chi connectivity index (χ0) is 11.3. The molecule has 0 fully saturated rings. The van der Waals surface area contributed by atoms with Gasteiger partial charge in [-0.3, -0.25) is 0 Å². The van der Waals surface area contributed by atoms with E-state index >= 15 is 0 Å². The van der Waals surface area contributed by atoms with Crippen molar-refractivity contribution in [3.63, 3.8) is 0 Å². The van der Waals surface area contributed by atoms with Crippen LogP contribution in [-0.4, -0.2) is 18.7 Å². The van der Waals surface area contributed by atoms with E-state index in [-0.39, 0.29) is 18.0 Å². The van der Waals surface area contributed by atoms with Crippen LogP contribution in [0.2, 0.25) is 0 Å². The summed E-state index contributed by atoms with van der Waals surface area (Å²) in [7, 11) is 0. The van der Waals surface area contributed by atoms with E-state index in [4.69, 9.17) is 4.74 Å². The average Bonchev–Trinajstić information content (AvgIpc) is 2.21. The van der Waals surface area contributed by atoms with E-state index in [1.54, 1.807) is 18.2 Å². The molecule has 0 heterocycles. The van der Waals surface area contributed by atoms with E-state index in [1.165, 1.54) is 6.07 Å². The first-order valence-corrected chi connectivity index (χ1v) is 5.29. The third-order valence-corrected chi connectivity index (χ3v) is 2.38. The molecule has 0 amide bonds. The number of para-hydroxylation sites is 1. The lowest BCUT2D eigenvalue weighted by atomic mass is 10.2. The second-order valence-corrected chi connectivity index (χ2v) is 3.60. The molecule has 1 aromatic carbocycles. The van der Waals surface area contributed by atoms with Crippen LogP contribution in [0.25, 0.3) is 0 Å². The van der Waals surface area contributed by atoms with Crippen molar-refractivity contribution in [1.82, 2.24) is 5.32 Å². The summed E-state index contributed by atoms with van der Waals surface area (Å²) in [5, 5.41) is 3.24. The Kier molecular flexibility index (Phi) is 4.56. The van der Waals surface area contributed by atoms with E-state index in [2.05, 4.69) is 5.32 Å². The molecule has 0 saturated carbocycles. The lowest BCUT2D eigenvalue weighted by Crippen LogP contribution is -2.38. The zero-order valence-corrected chi connectivity index (χ0v) is 9.46. The number of benzene rings is 1. The summed E-state index contributed by atoms with van der Waals surface area (Å²) in [5.41, 5.74) is 0. The lowest BCUT2D eigenvalue weighted by molar-refractivity contribution is 0.172. The molecule has 2 nitrogen and oxygen atoms in total. The van der Waals surface area contributed by atoms with E-state index < -0.39 is 0 Å². The molecule has 84 valence electrons. The van der Waals surface area contributed by atoms with Crippen LogP contribution in [0.5, 0.6) is 5.75 Å². The van der Waals surface area contributed by atoms with Crippen LogP contribution in [0.15, 0.2) is 24.3 Å². The van der Waals surface area contributed by atoms with Crippen LogP contribution in [0.1, 0.15) is 20.8 Å². The van der Waals surface area contributed by atoms with Gasteiger partial charge in [-0.05, 0) is 32.5 Å². The number of hydrogen-bond acceptors (Lipinski definition) is 2. The fourth-order valence-electron chi connectivity index (χ4n) is 1.33. The molecule has 0 aromatic heterocycles. The molecular weight excluding hydrogens is 193 g/mol. The quantitative estimate of drug-likeness (QED) is 0.808. The van der Waals surface area contributed by atoms with Crippen molar-refractivity contribution in [2.75, 3.05) is 6.54 Å². The van der Waals surface area contributed by atoms with Crippen LogP contribution >= 0.6 is 0 Å². The van der Waals surface area contributed by atoms with Crippen molar-refractivity contribution in [2.45, 2.75) is 32.9 Å². The van der Waals surface area contributed by atoms with Gasteiger partial charge in [-0.15, -0.1) is 0 Å². The third kappa shape index (κ3) is 3.51. The first-order chi connectivity index (χ1) is 7.15. The summed E-state index contributed by atoms with van der Waals surface area (Å²) in [4.78, 5) is 0. The number of rotatable bonds is 5. The maximum atomic E-state index is 13.3. The van der Waals surface area contributed by atoms with Gasteiger partial charge in [-0.1, -0.05) is 19.1 Å². The number of hydrogen-bond donors (Lipinski definition) is 1. The lowest BCUT2D eigenvalue weighted by Gasteiger charge is -2.22. The molecule has 0 radical (unpaired) electrons. The molecule has 0 aliphatic rings. The fraction of sp³-hybridized carbons (Fsp3) is 0.500. The van der Waals surface area contributed by atoms with E-state index in [0.29, 0.717) is 5.75 Å². The normalized spacial score (nSPS) is 14.7. The van der Waals surface area contributed by atoms with Crippen molar-refractivity contribution in [2.24, 2.45) is 0 Å². The zero-order valence-electron chi connectivity index (χ0n) is 9.46. The number of nitrogens with one attached hydrogen (secondary N) is 1. The van der Waals surface area contributed by atoms with Crippen molar-refractivity contribution in [3.8, 4) is 5.75 Å². The summed E-state index contributed by atoms with van der Waals surface area (Å²) in [6.45, 7) is 6.87. The Morgan fingerprint density at radius 3 is 2.60 bits per heavy atom. The highest BCUT2D eigenvalue weighted by atomic mass is 19.1. The predicted molar refractivity (Wildman–Crippen MR) is 59.6 cm³/mol. The van der Waals surface area contributed by atoms with E-state index in [0.717, 1.165) is 6.54 Å². The SMILES string of the molecule is CCNC(C)C(C)Oc1ccccc1F. The first-order valence-electron chi connectivity index (χ1n) is 5.29. The van der Waals surface area contributed by atoms with Gasteiger partial charge < -0.3 is 10.1 Å². The smallest absolute Gasteiger partial charge is 0.165 e. The minimum atomic E-state index is -0.312. The summed E-state index contributed by atoms with van der Waals surface area (Å²) < 4.78 is 18.8. The second-order valence-electron chi connectivity index (χ2n) is 3.60. The highest BCUT2D eigenvalue weighted by Crippen LogP contribution is 2.17. The molecule has 0 saturated heterocycles. The van der Waals surface area contributed by atoms with Crippen LogP contribution in [-0.2, 0) is 0 Å². The first kappa shape index (κ1) is 12.0. The van der Waals surface area contributed by atoms with Crippen molar-refractivity contribution >= 4 is 0 Å². The van der Waals surface area contributed by atoms with Gasteiger partial charge in [0.2, 0.25) is 0 Å². The molecule has 2 unspecified atom stereocenters. The minimum absolute atomic E-state index is 0.0538. The summed E-state index contributed by atoms with van der Waals surface area (Å²) >= 11 is 0. The summed E-state index contributed by atoms with van der Waals surface area (Å²) in [6.07, 6.45) is -0.0538. The Bertz CT molecular complexity index is 303. The van der Waals surface area contributed by atoms with Crippen LogP contribution in [0.4, 0.5) is 4.39 Å². The van der Waals surface area contributed by atoms with Crippen LogP contribution < -0.4 is 10.1 Å². The van der Waals surface area contributed by atoms with Gasteiger partial charge >= 0.3 is 0 Å². The standard InChI is InChI=1S/C12H18FNO/c1-4-14-9(2)10(3)15-12-8-6-5-7-11(12)13/h5-10,14H,4H2,1-3H3. The summed E-state index contributed by atoms with van der Waals surface area (Å²) in [5.74, 6) is 0.00259. The molecule has 1 rings (SSSR count). The third-order valence-electron chi connectivity index (χ3n) is 2.38. The Labute approximate surface area is 90.4 Å². The average molecular weight is 211 g/mol. The van der Waals surface area contributed by atoms with Gasteiger partial charge in [-0.2, -0.15) is 0 Å². The molecular formula is C12H18FNO. The molecule has 0 aliphatic carbocycles. The molecule has 0 spiro atoms. The van der Waals surface area contributed by atoms with Crippen molar-refractivity contribution in [3.05, 3.63) is 30.1 Å². The largest absolute Gasteiger partial charge is 0.486 e. The molecule has 1 N–H and O–H groups in total. The topological polar surface area (TPSA) is 21.3 Å². The molecule has 15 heavy (non-hydrogen) atoms. The van der Waals surface area contributed by atoms with E-state index in [9.17, 15) is 4.39 Å². The Hall–Kier alpha value is -1.09. The van der Waals surface area contributed by atoms with E-state index in [1.807, 2.05) is 20.8 Å².